The second kappa shape index (κ2) is 7.22. The summed E-state index contributed by atoms with van der Waals surface area (Å²) < 4.78 is 0. The molecular weight excluding hydrogens is 276 g/mol. The number of anilines is 1. The van der Waals surface area contributed by atoms with Crippen molar-refractivity contribution < 1.29 is 9.59 Å². The Morgan fingerprint density at radius 1 is 0.818 bits per heavy atom. The number of carbonyl (C=O) groups is 2. The molecule has 2 rings (SSSR count). The van der Waals surface area contributed by atoms with Gasteiger partial charge in [-0.2, -0.15) is 0 Å². The summed E-state index contributed by atoms with van der Waals surface area (Å²) >= 11 is 0. The van der Waals surface area contributed by atoms with E-state index in [0.29, 0.717) is 11.3 Å². The number of hydrogen-bond acceptors (Lipinski definition) is 3. The highest BCUT2D eigenvalue weighted by atomic mass is 16.2. The Morgan fingerprint density at radius 3 is 1.91 bits per heavy atom. The van der Waals surface area contributed by atoms with Gasteiger partial charge in [0, 0.05) is 18.3 Å². The summed E-state index contributed by atoms with van der Waals surface area (Å²) in [5.41, 5.74) is 2.75. The summed E-state index contributed by atoms with van der Waals surface area (Å²) in [5.74, 6) is -0.800. The van der Waals surface area contributed by atoms with Gasteiger partial charge in [-0.15, -0.1) is 0 Å². The van der Waals surface area contributed by atoms with Crippen molar-refractivity contribution in [3.63, 3.8) is 0 Å². The lowest BCUT2D eigenvalue weighted by molar-refractivity contribution is -0.126. The first kappa shape index (κ1) is 15.5. The lowest BCUT2D eigenvalue weighted by atomic mass is 10.0. The third-order valence-corrected chi connectivity index (χ3v) is 3.06. The van der Waals surface area contributed by atoms with Crippen molar-refractivity contribution in [2.24, 2.45) is 0 Å². The van der Waals surface area contributed by atoms with Gasteiger partial charge in [0.25, 0.3) is 5.91 Å². The van der Waals surface area contributed by atoms with E-state index in [-0.39, 0.29) is 5.91 Å². The van der Waals surface area contributed by atoms with Gasteiger partial charge >= 0.3 is 0 Å². The van der Waals surface area contributed by atoms with Crippen LogP contribution in [-0.2, 0) is 9.59 Å². The smallest absolute Gasteiger partial charge is 0.260 e. The number of allylic oxidation sites excluding steroid dienone is 1. The van der Waals surface area contributed by atoms with Crippen LogP contribution in [0.1, 0.15) is 19.4 Å². The minimum Gasteiger partial charge on any atom is -0.358 e. The van der Waals surface area contributed by atoms with Crippen LogP contribution in [0.3, 0.4) is 0 Å². The molecule has 0 bridgehead atoms. The van der Waals surface area contributed by atoms with Crippen LogP contribution in [0.15, 0.2) is 66.4 Å². The molecule has 0 atom stereocenters. The van der Waals surface area contributed by atoms with E-state index in [1.807, 2.05) is 67.6 Å². The molecule has 112 valence electrons. The summed E-state index contributed by atoms with van der Waals surface area (Å²) in [6.07, 6.45) is 0. The van der Waals surface area contributed by atoms with Crippen molar-refractivity contribution in [2.45, 2.75) is 13.8 Å². The molecule has 0 aromatic heterocycles. The maximum atomic E-state index is 12.4. The predicted molar refractivity (Wildman–Crippen MR) is 87.9 cm³/mol. The molecule has 0 spiro atoms. The third-order valence-electron chi connectivity index (χ3n) is 3.06. The van der Waals surface area contributed by atoms with Gasteiger partial charge in [0.2, 0.25) is 5.91 Å². The first-order valence-corrected chi connectivity index (χ1v) is 6.98. The minimum atomic E-state index is -0.417. The van der Waals surface area contributed by atoms with E-state index in [2.05, 4.69) is 10.6 Å². The van der Waals surface area contributed by atoms with Crippen LogP contribution in [0, 0.1) is 0 Å². The van der Waals surface area contributed by atoms with Gasteiger partial charge in [-0.1, -0.05) is 48.5 Å². The lowest BCUT2D eigenvalue weighted by Gasteiger charge is -2.14. The molecule has 0 aliphatic heterocycles. The normalized spacial score (nSPS) is 11.4. The molecule has 2 aromatic rings. The van der Waals surface area contributed by atoms with Crippen LogP contribution < -0.4 is 10.6 Å². The van der Waals surface area contributed by atoms with E-state index in [0.717, 1.165) is 11.3 Å². The number of imide groups is 1. The predicted octanol–water partition coefficient (Wildman–Crippen LogP) is 3.19. The zero-order chi connectivity index (χ0) is 15.9. The number of carbonyl (C=O) groups excluding carboxylic acids is 2. The van der Waals surface area contributed by atoms with Crippen molar-refractivity contribution >= 4 is 23.1 Å². The van der Waals surface area contributed by atoms with E-state index in [1.54, 1.807) is 0 Å². The molecule has 0 unspecified atom stereocenters. The van der Waals surface area contributed by atoms with Crippen molar-refractivity contribution in [3.05, 3.63) is 71.9 Å². The highest BCUT2D eigenvalue weighted by Crippen LogP contribution is 2.20. The molecule has 0 saturated heterocycles. The summed E-state index contributed by atoms with van der Waals surface area (Å²) in [4.78, 5) is 23.6. The van der Waals surface area contributed by atoms with E-state index in [4.69, 9.17) is 0 Å². The van der Waals surface area contributed by atoms with E-state index >= 15 is 0 Å². The Balaban J connectivity index is 2.40. The fraction of sp³-hybridized carbons (Fsp3) is 0.111. The molecule has 0 aliphatic rings. The number of nitrogens with one attached hydrogen (secondary N) is 2. The average molecular weight is 294 g/mol. The number of para-hydroxylation sites is 1. The van der Waals surface area contributed by atoms with Crippen molar-refractivity contribution in [1.82, 2.24) is 5.32 Å². The molecule has 0 fully saturated rings. The van der Waals surface area contributed by atoms with Crippen LogP contribution in [0.2, 0.25) is 0 Å². The number of amides is 2. The quantitative estimate of drug-likeness (QED) is 0.851. The second-order valence-corrected chi connectivity index (χ2v) is 4.87. The van der Waals surface area contributed by atoms with Crippen molar-refractivity contribution in [2.75, 3.05) is 5.32 Å². The molecule has 2 aromatic carbocycles. The van der Waals surface area contributed by atoms with Crippen LogP contribution >= 0.6 is 0 Å². The Morgan fingerprint density at radius 2 is 1.36 bits per heavy atom. The highest BCUT2D eigenvalue weighted by molar-refractivity contribution is 6.24. The Hall–Kier alpha value is -2.88. The SMILES string of the molecule is CC(=O)NC(=O)/C(=C(/C)Nc1ccccc1)c1ccccc1. The molecule has 2 amide bonds. The van der Waals surface area contributed by atoms with Crippen LogP contribution in [0.5, 0.6) is 0 Å². The first-order chi connectivity index (χ1) is 10.6. The fourth-order valence-electron chi connectivity index (χ4n) is 2.15. The van der Waals surface area contributed by atoms with E-state index < -0.39 is 5.91 Å². The maximum absolute atomic E-state index is 12.4. The van der Waals surface area contributed by atoms with Gasteiger partial charge in [-0.05, 0) is 24.6 Å². The van der Waals surface area contributed by atoms with Crippen LogP contribution in [-0.4, -0.2) is 11.8 Å². The molecule has 0 radical (unpaired) electrons. The second-order valence-electron chi connectivity index (χ2n) is 4.87. The van der Waals surface area contributed by atoms with Gasteiger partial charge in [0.05, 0.1) is 5.57 Å². The molecule has 4 nitrogen and oxygen atoms in total. The Kier molecular flexibility index (Phi) is 5.09. The molecule has 0 aliphatic carbocycles. The monoisotopic (exact) mass is 294 g/mol. The topological polar surface area (TPSA) is 58.2 Å². The molecule has 0 saturated carbocycles. The summed E-state index contributed by atoms with van der Waals surface area (Å²) in [6.45, 7) is 3.13. The fourth-order valence-corrected chi connectivity index (χ4v) is 2.15. The number of rotatable bonds is 4. The van der Waals surface area contributed by atoms with Gasteiger partial charge in [0.1, 0.15) is 0 Å². The molecule has 2 N–H and O–H groups in total. The zero-order valence-corrected chi connectivity index (χ0v) is 12.6. The summed E-state index contributed by atoms with van der Waals surface area (Å²) in [7, 11) is 0. The van der Waals surface area contributed by atoms with Crippen LogP contribution in [0.25, 0.3) is 5.57 Å². The largest absolute Gasteiger partial charge is 0.358 e. The highest BCUT2D eigenvalue weighted by Gasteiger charge is 2.16. The van der Waals surface area contributed by atoms with Gasteiger partial charge in [-0.25, -0.2) is 0 Å². The minimum absolute atomic E-state index is 0.383. The summed E-state index contributed by atoms with van der Waals surface area (Å²) in [6, 6.07) is 18.8. The van der Waals surface area contributed by atoms with E-state index in [9.17, 15) is 9.59 Å². The maximum Gasteiger partial charge on any atom is 0.260 e. The molecule has 0 heterocycles. The lowest BCUT2D eigenvalue weighted by Crippen LogP contribution is -2.29. The van der Waals surface area contributed by atoms with Crippen LogP contribution in [0.4, 0.5) is 5.69 Å². The molecule has 4 heteroatoms. The van der Waals surface area contributed by atoms with Gasteiger partial charge < -0.3 is 5.32 Å². The standard InChI is InChI=1S/C18H18N2O2/c1-13(19-16-11-7-4-8-12-16)17(18(22)20-14(2)21)15-9-5-3-6-10-15/h3-12,19H,1-2H3,(H,20,21,22)/b17-13-. The first-order valence-electron chi connectivity index (χ1n) is 6.98. The Bertz CT molecular complexity index is 692. The third kappa shape index (κ3) is 4.06. The number of benzene rings is 2. The summed E-state index contributed by atoms with van der Waals surface area (Å²) in [5, 5.41) is 5.53. The van der Waals surface area contributed by atoms with Gasteiger partial charge in [0.15, 0.2) is 0 Å². The number of hydrogen-bond donors (Lipinski definition) is 2. The van der Waals surface area contributed by atoms with Crippen molar-refractivity contribution in [3.8, 4) is 0 Å². The Labute approximate surface area is 129 Å². The molecular formula is C18H18N2O2. The van der Waals surface area contributed by atoms with E-state index in [1.165, 1.54) is 6.92 Å². The molecule has 22 heavy (non-hydrogen) atoms. The average Bonchev–Trinajstić information content (AvgIpc) is 2.48. The van der Waals surface area contributed by atoms with Gasteiger partial charge in [-0.3, -0.25) is 14.9 Å². The zero-order valence-electron chi connectivity index (χ0n) is 12.6. The van der Waals surface area contributed by atoms with Crippen molar-refractivity contribution in [1.29, 1.82) is 0 Å².